The second-order valence-corrected chi connectivity index (χ2v) is 4.23. The Morgan fingerprint density at radius 3 is 2.76 bits per heavy atom. The fourth-order valence-electron chi connectivity index (χ4n) is 1.31. The maximum absolute atomic E-state index is 13.2. The topological polar surface area (TPSA) is 52.9 Å². The minimum Gasteiger partial charge on any atom is -0.349 e. The van der Waals surface area contributed by atoms with Gasteiger partial charge in [0.2, 0.25) is 5.91 Å². The quantitative estimate of drug-likeness (QED) is 0.861. The van der Waals surface area contributed by atoms with Gasteiger partial charge in [0.05, 0.1) is 17.1 Å². The number of halogens is 3. The van der Waals surface area contributed by atoms with Crippen LogP contribution in [0, 0.1) is 17.1 Å². The SMILES string of the molecule is CC(NC(=O)CC#N)c1cc(F)c(Cl)cc1Cl. The monoisotopic (exact) mass is 274 g/mol. The predicted octanol–water partition coefficient (Wildman–Crippen LogP) is 3.22. The molecule has 0 heterocycles. The van der Waals surface area contributed by atoms with Crippen molar-refractivity contribution >= 4 is 29.1 Å². The highest BCUT2D eigenvalue weighted by molar-refractivity contribution is 6.35. The number of hydrogen-bond donors (Lipinski definition) is 1. The molecule has 0 aromatic heterocycles. The molecule has 0 aliphatic carbocycles. The number of nitriles is 1. The van der Waals surface area contributed by atoms with Crippen LogP contribution in [-0.4, -0.2) is 5.91 Å². The third-order valence-corrected chi connectivity index (χ3v) is 2.74. The number of nitrogens with zero attached hydrogens (tertiary/aromatic N) is 1. The lowest BCUT2D eigenvalue weighted by Crippen LogP contribution is -2.26. The van der Waals surface area contributed by atoms with E-state index < -0.39 is 17.8 Å². The number of amides is 1. The Morgan fingerprint density at radius 2 is 2.18 bits per heavy atom. The fourth-order valence-corrected chi connectivity index (χ4v) is 1.86. The normalized spacial score (nSPS) is 11.7. The third-order valence-electron chi connectivity index (χ3n) is 2.12. The summed E-state index contributed by atoms with van der Waals surface area (Å²) in [4.78, 5) is 11.2. The first-order chi connectivity index (χ1) is 7.95. The highest BCUT2D eigenvalue weighted by Crippen LogP contribution is 2.28. The van der Waals surface area contributed by atoms with Crippen LogP contribution in [0.5, 0.6) is 0 Å². The predicted molar refractivity (Wildman–Crippen MR) is 63.2 cm³/mol. The van der Waals surface area contributed by atoms with Crippen molar-refractivity contribution in [3.63, 3.8) is 0 Å². The first-order valence-corrected chi connectivity index (χ1v) is 5.52. The van der Waals surface area contributed by atoms with Crippen LogP contribution in [0.2, 0.25) is 10.0 Å². The number of carbonyl (C=O) groups is 1. The Morgan fingerprint density at radius 1 is 1.53 bits per heavy atom. The summed E-state index contributed by atoms with van der Waals surface area (Å²) in [5, 5.41) is 11.1. The zero-order valence-electron chi connectivity index (χ0n) is 8.93. The van der Waals surface area contributed by atoms with Gasteiger partial charge in [-0.3, -0.25) is 4.79 Å². The Kier molecular flexibility index (Phi) is 4.73. The van der Waals surface area contributed by atoms with Crippen LogP contribution in [-0.2, 0) is 4.79 Å². The van der Waals surface area contributed by atoms with Crippen molar-refractivity contribution in [2.24, 2.45) is 0 Å². The molecule has 6 heteroatoms. The van der Waals surface area contributed by atoms with Gasteiger partial charge in [-0.2, -0.15) is 5.26 Å². The van der Waals surface area contributed by atoms with Crippen LogP contribution in [0.3, 0.4) is 0 Å². The van der Waals surface area contributed by atoms with E-state index in [1.54, 1.807) is 13.0 Å². The van der Waals surface area contributed by atoms with Crippen LogP contribution < -0.4 is 5.32 Å². The van der Waals surface area contributed by atoms with Gasteiger partial charge >= 0.3 is 0 Å². The van der Waals surface area contributed by atoms with Crippen LogP contribution >= 0.6 is 23.2 Å². The van der Waals surface area contributed by atoms with Crippen LogP contribution in [0.25, 0.3) is 0 Å². The standard InChI is InChI=1S/C11H9Cl2FN2O/c1-6(16-11(17)2-3-15)7-4-10(14)9(13)5-8(7)12/h4-6H,2H2,1H3,(H,16,17). The summed E-state index contributed by atoms with van der Waals surface area (Å²) < 4.78 is 13.2. The molecule has 1 aromatic rings. The highest BCUT2D eigenvalue weighted by Gasteiger charge is 2.15. The zero-order chi connectivity index (χ0) is 13.0. The first kappa shape index (κ1) is 13.8. The Hall–Kier alpha value is -1.31. The van der Waals surface area contributed by atoms with Gasteiger partial charge in [-0.25, -0.2) is 4.39 Å². The van der Waals surface area contributed by atoms with Gasteiger partial charge in [-0.15, -0.1) is 0 Å². The van der Waals surface area contributed by atoms with E-state index in [4.69, 9.17) is 28.5 Å². The summed E-state index contributed by atoms with van der Waals surface area (Å²) in [5.41, 5.74) is 0.417. The van der Waals surface area contributed by atoms with Crippen LogP contribution in [0.1, 0.15) is 24.9 Å². The summed E-state index contributed by atoms with van der Waals surface area (Å²) in [6.07, 6.45) is -0.252. The minimum atomic E-state index is -0.604. The number of hydrogen-bond acceptors (Lipinski definition) is 2. The van der Waals surface area contributed by atoms with Crippen molar-refractivity contribution in [3.8, 4) is 6.07 Å². The van der Waals surface area contributed by atoms with Gasteiger partial charge in [-0.1, -0.05) is 23.2 Å². The van der Waals surface area contributed by atoms with Crippen molar-refractivity contribution in [3.05, 3.63) is 33.6 Å². The maximum atomic E-state index is 13.2. The second-order valence-electron chi connectivity index (χ2n) is 3.41. The highest BCUT2D eigenvalue weighted by atomic mass is 35.5. The molecule has 0 radical (unpaired) electrons. The van der Waals surface area contributed by atoms with E-state index in [0.717, 1.165) is 0 Å². The second kappa shape index (κ2) is 5.85. The summed E-state index contributed by atoms with van der Waals surface area (Å²) >= 11 is 11.4. The molecule has 1 amide bonds. The molecular weight excluding hydrogens is 266 g/mol. The van der Waals surface area contributed by atoms with Crippen LogP contribution in [0.4, 0.5) is 4.39 Å². The van der Waals surface area contributed by atoms with Crippen molar-refractivity contribution in [2.45, 2.75) is 19.4 Å². The smallest absolute Gasteiger partial charge is 0.234 e. The average molecular weight is 275 g/mol. The van der Waals surface area contributed by atoms with Crippen molar-refractivity contribution in [2.75, 3.05) is 0 Å². The molecule has 0 fully saturated rings. The summed E-state index contributed by atoms with van der Waals surface area (Å²) in [7, 11) is 0. The molecule has 0 saturated carbocycles. The molecule has 1 N–H and O–H groups in total. The van der Waals surface area contributed by atoms with Gasteiger partial charge in [-0.05, 0) is 24.6 Å². The van der Waals surface area contributed by atoms with E-state index in [2.05, 4.69) is 5.32 Å². The molecule has 0 spiro atoms. The largest absolute Gasteiger partial charge is 0.349 e. The molecule has 0 bridgehead atoms. The van der Waals surface area contributed by atoms with Gasteiger partial charge < -0.3 is 5.32 Å². The molecule has 0 aliphatic rings. The number of carbonyl (C=O) groups excluding carboxylic acids is 1. The fraction of sp³-hybridized carbons (Fsp3) is 0.273. The van der Waals surface area contributed by atoms with Gasteiger partial charge in [0, 0.05) is 5.02 Å². The number of benzene rings is 1. The lowest BCUT2D eigenvalue weighted by atomic mass is 10.1. The number of nitrogens with one attached hydrogen (secondary N) is 1. The summed E-state index contributed by atoms with van der Waals surface area (Å²) in [6.45, 7) is 1.64. The van der Waals surface area contributed by atoms with E-state index in [0.29, 0.717) is 5.56 Å². The average Bonchev–Trinajstić information content (AvgIpc) is 2.23. The van der Waals surface area contributed by atoms with Crippen LogP contribution in [0.15, 0.2) is 12.1 Å². The van der Waals surface area contributed by atoms with E-state index in [-0.39, 0.29) is 16.5 Å². The van der Waals surface area contributed by atoms with E-state index in [1.165, 1.54) is 12.1 Å². The molecule has 90 valence electrons. The van der Waals surface area contributed by atoms with Gasteiger partial charge in [0.25, 0.3) is 0 Å². The summed E-state index contributed by atoms with van der Waals surface area (Å²) in [5.74, 6) is -1.04. The molecule has 1 atom stereocenters. The maximum Gasteiger partial charge on any atom is 0.234 e. The Labute approximate surface area is 108 Å². The Bertz CT molecular complexity index is 485. The lowest BCUT2D eigenvalue weighted by Gasteiger charge is -2.15. The minimum absolute atomic E-state index is 0.0747. The van der Waals surface area contributed by atoms with Crippen molar-refractivity contribution < 1.29 is 9.18 Å². The van der Waals surface area contributed by atoms with E-state index in [1.807, 2.05) is 0 Å². The molecule has 1 unspecified atom stereocenters. The first-order valence-electron chi connectivity index (χ1n) is 4.76. The molecule has 0 saturated heterocycles. The third kappa shape index (κ3) is 3.58. The molecule has 0 aliphatic heterocycles. The molecule has 3 nitrogen and oxygen atoms in total. The molecule has 1 rings (SSSR count). The van der Waals surface area contributed by atoms with E-state index in [9.17, 15) is 9.18 Å². The zero-order valence-corrected chi connectivity index (χ0v) is 10.4. The van der Waals surface area contributed by atoms with Crippen molar-refractivity contribution in [1.82, 2.24) is 5.32 Å². The van der Waals surface area contributed by atoms with Crippen molar-refractivity contribution in [1.29, 1.82) is 5.26 Å². The van der Waals surface area contributed by atoms with Gasteiger partial charge in [0.15, 0.2) is 0 Å². The van der Waals surface area contributed by atoms with E-state index >= 15 is 0 Å². The molecular formula is C11H9Cl2FN2O. The molecule has 1 aromatic carbocycles. The molecule has 17 heavy (non-hydrogen) atoms. The number of rotatable bonds is 3. The lowest BCUT2D eigenvalue weighted by molar-refractivity contribution is -0.120. The van der Waals surface area contributed by atoms with Gasteiger partial charge in [0.1, 0.15) is 12.2 Å². The summed E-state index contributed by atoms with van der Waals surface area (Å²) in [6, 6.07) is 3.68. The Balaban J connectivity index is 2.90.